The summed E-state index contributed by atoms with van der Waals surface area (Å²) in [5.41, 5.74) is 1.70. The zero-order valence-electron chi connectivity index (χ0n) is 17.4. The molecule has 0 heterocycles. The lowest BCUT2D eigenvalue weighted by Crippen LogP contribution is -2.37. The molecule has 164 valence electrons. The van der Waals surface area contributed by atoms with Crippen LogP contribution in [0.15, 0.2) is 58.4 Å². The number of hydrogen-bond donors (Lipinski definition) is 3. The number of aliphatic imine (C=N–C) groups is 1. The lowest BCUT2D eigenvalue weighted by atomic mass is 10.1. The summed E-state index contributed by atoms with van der Waals surface area (Å²) in [5.74, 6) is 1.45. The molecule has 2 aromatic rings. The Morgan fingerprint density at radius 2 is 1.63 bits per heavy atom. The molecule has 0 aliphatic rings. The molecule has 2 rings (SSSR count). The zero-order valence-corrected chi connectivity index (χ0v) is 20.6. The molecule has 3 N–H and O–H groups in total. The number of halogens is 2. The second-order valence-electron chi connectivity index (χ2n) is 6.33. The predicted octanol–water partition coefficient (Wildman–Crippen LogP) is 4.43. The Labute approximate surface area is 199 Å². The van der Waals surface area contributed by atoms with Crippen molar-refractivity contribution in [3.8, 4) is 0 Å². The number of thioether (sulfide) groups is 1. The molecule has 0 saturated carbocycles. The molecule has 1 amide bonds. The number of carbonyl (C=O) groups excluding carboxylic acids is 1. The first-order chi connectivity index (χ1) is 14.1. The average molecular weight is 544 g/mol. The van der Waals surface area contributed by atoms with Gasteiger partial charge in [0.1, 0.15) is 5.82 Å². The van der Waals surface area contributed by atoms with Gasteiger partial charge in [0, 0.05) is 30.1 Å². The number of nitrogens with zero attached hydrogens (tertiary/aromatic N) is 1. The molecule has 0 aliphatic carbocycles. The first-order valence-electron chi connectivity index (χ1n) is 9.90. The van der Waals surface area contributed by atoms with Crippen molar-refractivity contribution in [2.45, 2.75) is 31.7 Å². The molecular formula is C22H30FIN4OS. The van der Waals surface area contributed by atoms with Gasteiger partial charge < -0.3 is 16.0 Å². The first kappa shape index (κ1) is 26.2. The fraction of sp³-hybridized carbons (Fsp3) is 0.364. The SMILES string of the molecule is CCNC(=O)c1ccc(CN=C(NCC)NCCCSc2ccc(F)cc2)cc1.I. The van der Waals surface area contributed by atoms with E-state index in [2.05, 4.69) is 20.9 Å². The van der Waals surface area contributed by atoms with Gasteiger partial charge in [0.2, 0.25) is 0 Å². The topological polar surface area (TPSA) is 65.5 Å². The Hall–Kier alpha value is -1.81. The van der Waals surface area contributed by atoms with Gasteiger partial charge in [-0.15, -0.1) is 35.7 Å². The summed E-state index contributed by atoms with van der Waals surface area (Å²) in [6.07, 6.45) is 0.966. The van der Waals surface area contributed by atoms with Gasteiger partial charge in [-0.3, -0.25) is 4.79 Å². The first-order valence-corrected chi connectivity index (χ1v) is 10.9. The van der Waals surface area contributed by atoms with Gasteiger partial charge in [0.15, 0.2) is 5.96 Å². The third-order valence-corrected chi connectivity index (χ3v) is 5.11. The molecule has 0 bridgehead atoms. The average Bonchev–Trinajstić information content (AvgIpc) is 2.73. The highest BCUT2D eigenvalue weighted by molar-refractivity contribution is 14.0. The lowest BCUT2D eigenvalue weighted by molar-refractivity contribution is 0.0956. The second kappa shape index (κ2) is 15.1. The van der Waals surface area contributed by atoms with Gasteiger partial charge >= 0.3 is 0 Å². The van der Waals surface area contributed by atoms with E-state index in [0.29, 0.717) is 18.7 Å². The van der Waals surface area contributed by atoms with Crippen molar-refractivity contribution >= 4 is 47.6 Å². The van der Waals surface area contributed by atoms with Crippen LogP contribution in [0.25, 0.3) is 0 Å². The van der Waals surface area contributed by atoms with Gasteiger partial charge in [-0.25, -0.2) is 9.38 Å². The van der Waals surface area contributed by atoms with Gasteiger partial charge in [-0.2, -0.15) is 0 Å². The van der Waals surface area contributed by atoms with Crippen molar-refractivity contribution in [3.63, 3.8) is 0 Å². The molecule has 0 atom stereocenters. The van der Waals surface area contributed by atoms with Crippen LogP contribution in [-0.4, -0.2) is 37.3 Å². The fourth-order valence-corrected chi connectivity index (χ4v) is 3.39. The molecule has 30 heavy (non-hydrogen) atoms. The Kier molecular flexibility index (Phi) is 13.2. The fourth-order valence-electron chi connectivity index (χ4n) is 2.54. The van der Waals surface area contributed by atoms with Crippen molar-refractivity contribution in [3.05, 3.63) is 65.5 Å². The van der Waals surface area contributed by atoms with Crippen LogP contribution < -0.4 is 16.0 Å². The van der Waals surface area contributed by atoms with Crippen molar-refractivity contribution < 1.29 is 9.18 Å². The number of carbonyl (C=O) groups is 1. The minimum absolute atomic E-state index is 0. The van der Waals surface area contributed by atoms with Crippen LogP contribution in [-0.2, 0) is 6.54 Å². The van der Waals surface area contributed by atoms with Crippen LogP contribution in [0.3, 0.4) is 0 Å². The Balaban J connectivity index is 0.00000450. The summed E-state index contributed by atoms with van der Waals surface area (Å²) in [6, 6.07) is 14.1. The quantitative estimate of drug-likeness (QED) is 0.136. The highest BCUT2D eigenvalue weighted by Gasteiger charge is 2.04. The molecule has 0 saturated heterocycles. The number of rotatable bonds is 10. The summed E-state index contributed by atoms with van der Waals surface area (Å²) in [7, 11) is 0. The molecule has 0 radical (unpaired) electrons. The molecule has 0 aliphatic heterocycles. The molecule has 0 aromatic heterocycles. The third kappa shape index (κ3) is 9.80. The monoisotopic (exact) mass is 544 g/mol. The van der Waals surface area contributed by atoms with Crippen molar-refractivity contribution in [2.24, 2.45) is 4.99 Å². The number of amides is 1. The predicted molar refractivity (Wildman–Crippen MR) is 134 cm³/mol. The minimum atomic E-state index is -0.207. The molecule has 8 heteroatoms. The maximum absolute atomic E-state index is 12.9. The molecule has 2 aromatic carbocycles. The molecule has 0 fully saturated rings. The van der Waals surface area contributed by atoms with E-state index in [1.54, 1.807) is 23.9 Å². The van der Waals surface area contributed by atoms with Crippen LogP contribution in [0, 0.1) is 5.82 Å². The number of benzene rings is 2. The molecule has 5 nitrogen and oxygen atoms in total. The van der Waals surface area contributed by atoms with E-state index >= 15 is 0 Å². The maximum atomic E-state index is 12.9. The van der Waals surface area contributed by atoms with E-state index in [4.69, 9.17) is 0 Å². The zero-order chi connectivity index (χ0) is 20.9. The Morgan fingerprint density at radius 3 is 2.27 bits per heavy atom. The summed E-state index contributed by atoms with van der Waals surface area (Å²) in [4.78, 5) is 17.5. The van der Waals surface area contributed by atoms with Crippen molar-refractivity contribution in [2.75, 3.05) is 25.4 Å². The minimum Gasteiger partial charge on any atom is -0.357 e. The molecule has 0 unspecified atom stereocenters. The van der Waals surface area contributed by atoms with Crippen LogP contribution in [0.2, 0.25) is 0 Å². The van der Waals surface area contributed by atoms with Crippen LogP contribution in [0.4, 0.5) is 4.39 Å². The van der Waals surface area contributed by atoms with Crippen molar-refractivity contribution in [1.29, 1.82) is 0 Å². The number of hydrogen-bond acceptors (Lipinski definition) is 3. The molecule has 0 spiro atoms. The van der Waals surface area contributed by atoms with E-state index in [1.165, 1.54) is 12.1 Å². The van der Waals surface area contributed by atoms with E-state index in [9.17, 15) is 9.18 Å². The number of guanidine groups is 1. The standard InChI is InChI=1S/C22H29FN4OS.HI/c1-3-24-21(28)18-8-6-17(7-9-18)16-27-22(25-4-2)26-14-5-15-29-20-12-10-19(23)11-13-20;/h6-13H,3-5,14-16H2,1-2H3,(H,24,28)(H2,25,26,27);1H. The lowest BCUT2D eigenvalue weighted by Gasteiger charge is -2.11. The van der Waals surface area contributed by atoms with Gasteiger partial charge in [-0.05, 0) is 68.0 Å². The maximum Gasteiger partial charge on any atom is 0.251 e. The summed E-state index contributed by atoms with van der Waals surface area (Å²) in [5, 5.41) is 9.36. The number of nitrogens with one attached hydrogen (secondary N) is 3. The van der Waals surface area contributed by atoms with Gasteiger partial charge in [0.25, 0.3) is 5.91 Å². The summed E-state index contributed by atoms with van der Waals surface area (Å²) in [6.45, 7) is 6.67. The largest absolute Gasteiger partial charge is 0.357 e. The normalized spacial score (nSPS) is 10.8. The second-order valence-corrected chi connectivity index (χ2v) is 7.50. The highest BCUT2D eigenvalue weighted by atomic mass is 127. The van der Waals surface area contributed by atoms with E-state index in [0.717, 1.165) is 41.7 Å². The van der Waals surface area contributed by atoms with E-state index < -0.39 is 0 Å². The van der Waals surface area contributed by atoms with E-state index in [1.807, 2.05) is 38.1 Å². The van der Waals surface area contributed by atoms with Crippen LogP contribution in [0.5, 0.6) is 0 Å². The van der Waals surface area contributed by atoms with Gasteiger partial charge in [-0.1, -0.05) is 12.1 Å². The van der Waals surface area contributed by atoms with E-state index in [-0.39, 0.29) is 35.7 Å². The molecular weight excluding hydrogens is 514 g/mol. The summed E-state index contributed by atoms with van der Waals surface area (Å²) >= 11 is 1.71. The van der Waals surface area contributed by atoms with Crippen LogP contribution in [0.1, 0.15) is 36.2 Å². The van der Waals surface area contributed by atoms with Crippen LogP contribution >= 0.6 is 35.7 Å². The third-order valence-electron chi connectivity index (χ3n) is 4.01. The van der Waals surface area contributed by atoms with Crippen molar-refractivity contribution in [1.82, 2.24) is 16.0 Å². The Bertz CT molecular complexity index is 785. The highest BCUT2D eigenvalue weighted by Crippen LogP contribution is 2.18. The summed E-state index contributed by atoms with van der Waals surface area (Å²) < 4.78 is 12.9. The Morgan fingerprint density at radius 1 is 0.967 bits per heavy atom. The van der Waals surface area contributed by atoms with Gasteiger partial charge in [0.05, 0.1) is 6.54 Å². The smallest absolute Gasteiger partial charge is 0.251 e.